The summed E-state index contributed by atoms with van der Waals surface area (Å²) >= 11 is 0. The first kappa shape index (κ1) is 21.3. The molecule has 1 atom stereocenters. The Morgan fingerprint density at radius 3 is 2.81 bits per heavy atom. The molecule has 2 aromatic heterocycles. The van der Waals surface area contributed by atoms with E-state index >= 15 is 0 Å². The molecule has 3 aliphatic rings. The second-order valence-corrected chi connectivity index (χ2v) is 9.93. The lowest BCUT2D eigenvalue weighted by molar-refractivity contribution is 0.187. The quantitative estimate of drug-likeness (QED) is 0.402. The molecule has 1 aliphatic carbocycles. The topological polar surface area (TPSA) is 113 Å². The molecule has 9 heteroatoms. The highest BCUT2D eigenvalue weighted by atomic mass is 19.1. The lowest BCUT2D eigenvalue weighted by Gasteiger charge is -2.42. The van der Waals surface area contributed by atoms with Gasteiger partial charge in [0.1, 0.15) is 17.7 Å². The number of H-pyrrole nitrogens is 2. The van der Waals surface area contributed by atoms with Crippen LogP contribution in [-0.2, 0) is 6.42 Å². The molecule has 0 saturated carbocycles. The fraction of sp³-hybridized carbons (Fsp3) is 0.296. The van der Waals surface area contributed by atoms with Gasteiger partial charge in [-0.05, 0) is 47.9 Å². The highest BCUT2D eigenvalue weighted by Gasteiger charge is 2.46. The van der Waals surface area contributed by atoms with Crippen LogP contribution in [0.3, 0.4) is 0 Å². The van der Waals surface area contributed by atoms with Gasteiger partial charge in [-0.3, -0.25) is 14.9 Å². The fourth-order valence-corrected chi connectivity index (χ4v) is 6.15. The number of rotatable bonds is 2. The molecule has 0 radical (unpaired) electrons. The Labute approximate surface area is 206 Å². The number of benzene rings is 2. The number of halogens is 1. The van der Waals surface area contributed by atoms with Crippen molar-refractivity contribution >= 4 is 22.6 Å². The van der Waals surface area contributed by atoms with Gasteiger partial charge in [-0.2, -0.15) is 10.1 Å². The van der Waals surface area contributed by atoms with Gasteiger partial charge in [0.25, 0.3) is 5.56 Å². The molecule has 36 heavy (non-hydrogen) atoms. The number of para-hydroxylation sites is 1. The smallest absolute Gasteiger partial charge is 0.264 e. The van der Waals surface area contributed by atoms with E-state index in [0.717, 1.165) is 32.4 Å². The van der Waals surface area contributed by atoms with Gasteiger partial charge in [0, 0.05) is 30.3 Å². The van der Waals surface area contributed by atoms with Crippen LogP contribution in [0.2, 0.25) is 0 Å². The molecule has 182 valence electrons. The summed E-state index contributed by atoms with van der Waals surface area (Å²) in [6, 6.07) is 13.2. The van der Waals surface area contributed by atoms with Crippen LogP contribution in [-0.4, -0.2) is 39.9 Å². The Balaban J connectivity index is 1.18. The Bertz CT molecular complexity index is 1600. The van der Waals surface area contributed by atoms with Gasteiger partial charge >= 0.3 is 0 Å². The predicted octanol–water partition coefficient (Wildman–Crippen LogP) is 3.45. The van der Waals surface area contributed by atoms with E-state index in [0.29, 0.717) is 33.8 Å². The predicted molar refractivity (Wildman–Crippen MR) is 134 cm³/mol. The summed E-state index contributed by atoms with van der Waals surface area (Å²) in [6.07, 6.45) is 4.64. The van der Waals surface area contributed by atoms with E-state index in [1.807, 2.05) is 0 Å². The number of nitrogens with zero attached hydrogens (tertiary/aromatic N) is 3. The van der Waals surface area contributed by atoms with Crippen molar-refractivity contribution in [2.45, 2.75) is 25.3 Å². The molecule has 0 amide bonds. The first-order valence-corrected chi connectivity index (χ1v) is 12.2. The van der Waals surface area contributed by atoms with Gasteiger partial charge in [-0.1, -0.05) is 36.4 Å². The van der Waals surface area contributed by atoms with Crippen LogP contribution in [0.1, 0.15) is 41.3 Å². The first-order valence-electron chi connectivity index (χ1n) is 12.2. The van der Waals surface area contributed by atoms with E-state index in [9.17, 15) is 9.18 Å². The third kappa shape index (κ3) is 3.05. The average molecular weight is 485 g/mol. The number of aromatic amines is 2. The van der Waals surface area contributed by atoms with E-state index in [-0.39, 0.29) is 29.4 Å². The van der Waals surface area contributed by atoms with Crippen LogP contribution >= 0.6 is 0 Å². The van der Waals surface area contributed by atoms with E-state index in [1.165, 1.54) is 17.2 Å². The number of nitrogens with two attached hydrogens (primary N) is 1. The number of nitrogens with one attached hydrogen (secondary N) is 2. The maximum absolute atomic E-state index is 14.3. The normalized spacial score (nSPS) is 20.2. The zero-order valence-corrected chi connectivity index (χ0v) is 19.6. The maximum Gasteiger partial charge on any atom is 0.264 e. The highest BCUT2D eigenvalue weighted by Crippen LogP contribution is 2.50. The molecule has 7 rings (SSSR count). The van der Waals surface area contributed by atoms with Crippen LogP contribution in [0, 0.1) is 11.2 Å². The number of fused-ring (bicyclic) bond motifs is 3. The second kappa shape index (κ2) is 7.76. The van der Waals surface area contributed by atoms with Gasteiger partial charge in [0.15, 0.2) is 17.2 Å². The van der Waals surface area contributed by atoms with Crippen LogP contribution in [0.25, 0.3) is 16.6 Å². The molecule has 1 spiro atoms. The molecule has 4 N–H and O–H groups in total. The highest BCUT2D eigenvalue weighted by molar-refractivity contribution is 5.94. The molecule has 0 unspecified atom stereocenters. The van der Waals surface area contributed by atoms with E-state index in [2.05, 4.69) is 44.3 Å². The molecular formula is C27H25FN6O2. The molecule has 2 aromatic carbocycles. The number of anilines is 1. The molecule has 4 heterocycles. The average Bonchev–Trinajstić information content (AvgIpc) is 3.44. The summed E-state index contributed by atoms with van der Waals surface area (Å²) in [5, 5.41) is 7.66. The maximum atomic E-state index is 14.3. The van der Waals surface area contributed by atoms with Crippen molar-refractivity contribution in [3.05, 3.63) is 87.1 Å². The largest absolute Gasteiger partial charge is 0.486 e. The van der Waals surface area contributed by atoms with Crippen molar-refractivity contribution in [1.29, 1.82) is 0 Å². The number of piperidine rings is 1. The number of ether oxygens (including phenoxy) is 1. The van der Waals surface area contributed by atoms with Crippen molar-refractivity contribution in [2.24, 2.45) is 11.1 Å². The number of hydrogen-bond acceptors (Lipinski definition) is 6. The summed E-state index contributed by atoms with van der Waals surface area (Å²) in [7, 11) is 0. The van der Waals surface area contributed by atoms with Gasteiger partial charge < -0.3 is 15.4 Å². The second-order valence-electron chi connectivity index (χ2n) is 9.93. The summed E-state index contributed by atoms with van der Waals surface area (Å²) in [5.74, 6) is 0.246. The molecule has 1 saturated heterocycles. The molecule has 8 nitrogen and oxygen atoms in total. The van der Waals surface area contributed by atoms with Gasteiger partial charge in [0.05, 0.1) is 0 Å². The third-order valence-corrected chi connectivity index (χ3v) is 8.10. The molecule has 2 aliphatic heterocycles. The van der Waals surface area contributed by atoms with Gasteiger partial charge in [-0.25, -0.2) is 4.39 Å². The van der Waals surface area contributed by atoms with Gasteiger partial charge in [-0.15, -0.1) is 0 Å². The molecule has 1 fully saturated rings. The zero-order valence-electron chi connectivity index (χ0n) is 19.6. The Kier molecular flexibility index (Phi) is 4.59. The molecule has 0 bridgehead atoms. The SMILES string of the molecule is N[C@@H]1c2ccccc2CC12CCN(c1nc3[nH]nc(C4=CCOc5c(F)cccc54)c3c(=O)[nH]1)CC2. The summed E-state index contributed by atoms with van der Waals surface area (Å²) in [4.78, 5) is 23.0. The zero-order chi connectivity index (χ0) is 24.4. The summed E-state index contributed by atoms with van der Waals surface area (Å²) in [6.45, 7) is 1.71. The Morgan fingerprint density at radius 1 is 1.14 bits per heavy atom. The van der Waals surface area contributed by atoms with E-state index < -0.39 is 5.82 Å². The lowest BCUT2D eigenvalue weighted by Crippen LogP contribution is -2.45. The van der Waals surface area contributed by atoms with Crippen LogP contribution in [0.5, 0.6) is 5.75 Å². The standard InChI is InChI=1S/C27H25FN6O2/c28-19-7-3-6-18-17(8-13-36-22(18)19)21-20-24(33-32-21)30-26(31-25(20)35)34-11-9-27(10-12-34)14-15-4-1-2-5-16(15)23(27)29/h1-8,23H,9-14,29H2,(H2,30,31,32,33,35)/t23-/m1/s1. The van der Waals surface area contributed by atoms with Crippen molar-refractivity contribution in [3.63, 3.8) is 0 Å². The monoisotopic (exact) mass is 484 g/mol. The van der Waals surface area contributed by atoms with Crippen LogP contribution in [0.4, 0.5) is 10.3 Å². The summed E-state index contributed by atoms with van der Waals surface area (Å²) in [5.41, 5.74) is 11.1. The minimum absolute atomic E-state index is 0.0287. The van der Waals surface area contributed by atoms with Crippen molar-refractivity contribution < 1.29 is 9.13 Å². The lowest BCUT2D eigenvalue weighted by atomic mass is 9.73. The Hall–Kier alpha value is -3.98. The number of hydrogen-bond donors (Lipinski definition) is 3. The molecular weight excluding hydrogens is 459 g/mol. The van der Waals surface area contributed by atoms with Crippen LogP contribution in [0.15, 0.2) is 53.3 Å². The Morgan fingerprint density at radius 2 is 1.97 bits per heavy atom. The van der Waals surface area contributed by atoms with Gasteiger partial charge in [0.2, 0.25) is 5.95 Å². The fourth-order valence-electron chi connectivity index (χ4n) is 6.15. The van der Waals surface area contributed by atoms with Crippen LogP contribution < -0.4 is 20.9 Å². The first-order chi connectivity index (χ1) is 17.5. The van der Waals surface area contributed by atoms with E-state index in [1.54, 1.807) is 18.2 Å². The van der Waals surface area contributed by atoms with Crippen molar-refractivity contribution in [3.8, 4) is 5.75 Å². The minimum Gasteiger partial charge on any atom is -0.486 e. The molecule has 4 aromatic rings. The third-order valence-electron chi connectivity index (χ3n) is 8.10. The number of aromatic nitrogens is 4. The summed E-state index contributed by atoms with van der Waals surface area (Å²) < 4.78 is 19.8. The van der Waals surface area contributed by atoms with E-state index in [4.69, 9.17) is 15.5 Å². The van der Waals surface area contributed by atoms with Crippen molar-refractivity contribution in [2.75, 3.05) is 24.6 Å². The minimum atomic E-state index is -0.444. The van der Waals surface area contributed by atoms with Crippen molar-refractivity contribution in [1.82, 2.24) is 20.2 Å².